The highest BCUT2D eigenvalue weighted by molar-refractivity contribution is 5.57. The first-order valence-electron chi connectivity index (χ1n) is 3.89. The van der Waals surface area contributed by atoms with E-state index in [2.05, 4.69) is 9.97 Å². The Morgan fingerprint density at radius 3 is 2.62 bits per heavy atom. The van der Waals surface area contributed by atoms with Crippen LogP contribution < -0.4 is 0 Å². The van der Waals surface area contributed by atoms with Gasteiger partial charge in [-0.25, -0.2) is 4.39 Å². The van der Waals surface area contributed by atoms with Crippen LogP contribution in [0, 0.1) is 5.82 Å². The second kappa shape index (κ2) is 3.31. The summed E-state index contributed by atoms with van der Waals surface area (Å²) in [6.07, 6.45) is 4.79. The van der Waals surface area contributed by atoms with Crippen molar-refractivity contribution in [2.75, 3.05) is 0 Å². The van der Waals surface area contributed by atoms with Gasteiger partial charge in [0.05, 0.1) is 0 Å². The van der Waals surface area contributed by atoms with Gasteiger partial charge in [-0.2, -0.15) is 0 Å². The average Bonchev–Trinajstić information content (AvgIpc) is 2.20. The van der Waals surface area contributed by atoms with E-state index >= 15 is 0 Å². The van der Waals surface area contributed by atoms with Crippen molar-refractivity contribution in [3.63, 3.8) is 0 Å². The number of hydrogen-bond acceptors (Lipinski definition) is 2. The molecule has 0 radical (unpaired) electrons. The molecular weight excluding hydrogens is 167 g/mol. The molecule has 0 aliphatic carbocycles. The van der Waals surface area contributed by atoms with Crippen LogP contribution in [0.2, 0.25) is 0 Å². The Balaban J connectivity index is 2.54. The van der Waals surface area contributed by atoms with Crippen LogP contribution in [-0.4, -0.2) is 9.97 Å². The topological polar surface area (TPSA) is 25.8 Å². The number of nitrogens with zero attached hydrogens (tertiary/aromatic N) is 2. The van der Waals surface area contributed by atoms with Crippen LogP contribution in [0.3, 0.4) is 0 Å². The van der Waals surface area contributed by atoms with E-state index in [1.807, 2.05) is 0 Å². The van der Waals surface area contributed by atoms with E-state index in [0.717, 1.165) is 0 Å². The van der Waals surface area contributed by atoms with Crippen LogP contribution in [0.15, 0.2) is 42.9 Å². The molecule has 0 aromatic carbocycles. The number of pyridine rings is 2. The summed E-state index contributed by atoms with van der Waals surface area (Å²) in [5.41, 5.74) is 1.04. The van der Waals surface area contributed by atoms with Gasteiger partial charge in [0.1, 0.15) is 11.5 Å². The molecule has 0 aliphatic rings. The van der Waals surface area contributed by atoms with Gasteiger partial charge in [0.15, 0.2) is 0 Å². The zero-order chi connectivity index (χ0) is 9.10. The first-order valence-corrected chi connectivity index (χ1v) is 3.89. The first kappa shape index (κ1) is 7.86. The number of rotatable bonds is 1. The van der Waals surface area contributed by atoms with E-state index in [9.17, 15) is 4.39 Å². The van der Waals surface area contributed by atoms with E-state index in [-0.39, 0.29) is 5.82 Å². The molecule has 0 unspecified atom stereocenters. The summed E-state index contributed by atoms with van der Waals surface area (Å²) in [5, 5.41) is 0. The molecule has 0 spiro atoms. The fourth-order valence-corrected chi connectivity index (χ4v) is 1.10. The molecule has 2 heterocycles. The summed E-state index contributed by atoms with van der Waals surface area (Å²) in [7, 11) is 0. The average molecular weight is 174 g/mol. The highest BCUT2D eigenvalue weighted by atomic mass is 19.1. The highest BCUT2D eigenvalue weighted by Crippen LogP contribution is 2.17. The molecule has 0 saturated heterocycles. The molecule has 0 fully saturated rings. The maximum absolute atomic E-state index is 13.2. The van der Waals surface area contributed by atoms with Crippen molar-refractivity contribution in [1.29, 1.82) is 0 Å². The highest BCUT2D eigenvalue weighted by Gasteiger charge is 2.03. The Morgan fingerprint density at radius 2 is 1.92 bits per heavy atom. The maximum Gasteiger partial charge on any atom is 0.149 e. The molecule has 3 heteroatoms. The fraction of sp³-hybridized carbons (Fsp3) is 0. The minimum absolute atomic E-state index is 0.324. The second-order valence-electron chi connectivity index (χ2n) is 2.58. The van der Waals surface area contributed by atoms with Crippen LogP contribution in [-0.2, 0) is 0 Å². The first-order chi connectivity index (χ1) is 6.38. The zero-order valence-electron chi connectivity index (χ0n) is 6.81. The fourth-order valence-electron chi connectivity index (χ4n) is 1.10. The van der Waals surface area contributed by atoms with Crippen LogP contribution in [0.25, 0.3) is 11.3 Å². The Labute approximate surface area is 75.1 Å². The molecule has 2 aromatic heterocycles. The van der Waals surface area contributed by atoms with Crippen molar-refractivity contribution in [2.45, 2.75) is 0 Å². The summed E-state index contributed by atoms with van der Waals surface area (Å²) in [6, 6.07) is 6.48. The van der Waals surface area contributed by atoms with Crippen molar-refractivity contribution < 1.29 is 4.39 Å². The van der Waals surface area contributed by atoms with E-state index in [0.29, 0.717) is 11.3 Å². The zero-order valence-corrected chi connectivity index (χ0v) is 6.81. The smallest absolute Gasteiger partial charge is 0.149 e. The van der Waals surface area contributed by atoms with Crippen LogP contribution >= 0.6 is 0 Å². The van der Waals surface area contributed by atoms with Crippen molar-refractivity contribution in [3.8, 4) is 11.3 Å². The van der Waals surface area contributed by atoms with Crippen LogP contribution in [0.1, 0.15) is 0 Å². The molecule has 0 N–H and O–H groups in total. The summed E-state index contributed by atoms with van der Waals surface area (Å²) in [5.74, 6) is -0.324. The summed E-state index contributed by atoms with van der Waals surface area (Å²) in [4.78, 5) is 7.83. The van der Waals surface area contributed by atoms with Gasteiger partial charge in [-0.05, 0) is 24.3 Å². The third-order valence-electron chi connectivity index (χ3n) is 1.69. The normalized spacial score (nSPS) is 9.92. The summed E-state index contributed by atoms with van der Waals surface area (Å²) >= 11 is 0. The van der Waals surface area contributed by atoms with Crippen LogP contribution in [0.4, 0.5) is 4.39 Å². The lowest BCUT2D eigenvalue weighted by molar-refractivity contribution is 0.625. The predicted octanol–water partition coefficient (Wildman–Crippen LogP) is 2.28. The minimum atomic E-state index is -0.324. The van der Waals surface area contributed by atoms with Gasteiger partial charge in [0, 0.05) is 24.2 Å². The largest absolute Gasteiger partial charge is 0.264 e. The van der Waals surface area contributed by atoms with Gasteiger partial charge in [-0.1, -0.05) is 0 Å². The quantitative estimate of drug-likeness (QED) is 0.662. The monoisotopic (exact) mass is 174 g/mol. The molecule has 0 saturated carbocycles. The maximum atomic E-state index is 13.2. The van der Waals surface area contributed by atoms with Crippen molar-refractivity contribution >= 4 is 0 Å². The molecule has 2 aromatic rings. The van der Waals surface area contributed by atoms with E-state index in [1.165, 1.54) is 6.07 Å². The van der Waals surface area contributed by atoms with Gasteiger partial charge < -0.3 is 0 Å². The van der Waals surface area contributed by atoms with Gasteiger partial charge in [-0.3, -0.25) is 9.97 Å². The van der Waals surface area contributed by atoms with E-state index < -0.39 is 0 Å². The third-order valence-corrected chi connectivity index (χ3v) is 1.69. The molecule has 0 amide bonds. The van der Waals surface area contributed by atoms with Gasteiger partial charge in [0.2, 0.25) is 0 Å². The van der Waals surface area contributed by atoms with E-state index in [4.69, 9.17) is 0 Å². The van der Waals surface area contributed by atoms with Gasteiger partial charge in [0.25, 0.3) is 0 Å². The lowest BCUT2D eigenvalue weighted by Gasteiger charge is -1.99. The van der Waals surface area contributed by atoms with Crippen LogP contribution in [0.5, 0.6) is 0 Å². The molecule has 0 atom stereocenters. The second-order valence-corrected chi connectivity index (χ2v) is 2.58. The Bertz CT molecular complexity index is 401. The molecular formula is C10H7FN2. The Hall–Kier alpha value is -1.77. The Kier molecular flexibility index (Phi) is 2.00. The summed E-state index contributed by atoms with van der Waals surface area (Å²) < 4.78 is 13.2. The van der Waals surface area contributed by atoms with Crippen molar-refractivity contribution in [2.24, 2.45) is 0 Å². The SMILES string of the molecule is Fc1cccnc1-c1cccnc1. The molecule has 2 rings (SSSR count). The van der Waals surface area contributed by atoms with Crippen molar-refractivity contribution in [1.82, 2.24) is 9.97 Å². The lowest BCUT2D eigenvalue weighted by atomic mass is 10.2. The molecule has 0 bridgehead atoms. The van der Waals surface area contributed by atoms with Gasteiger partial charge >= 0.3 is 0 Å². The van der Waals surface area contributed by atoms with E-state index in [1.54, 1.807) is 36.8 Å². The van der Waals surface area contributed by atoms with Crippen molar-refractivity contribution in [3.05, 3.63) is 48.7 Å². The van der Waals surface area contributed by atoms with Gasteiger partial charge in [-0.15, -0.1) is 0 Å². The summed E-state index contributed by atoms with van der Waals surface area (Å²) in [6.45, 7) is 0. The molecule has 13 heavy (non-hydrogen) atoms. The Morgan fingerprint density at radius 1 is 1.08 bits per heavy atom. The number of hydrogen-bond donors (Lipinski definition) is 0. The molecule has 0 aliphatic heterocycles. The minimum Gasteiger partial charge on any atom is -0.264 e. The third kappa shape index (κ3) is 1.54. The number of aromatic nitrogens is 2. The standard InChI is InChI=1S/C10H7FN2/c11-9-4-2-6-13-10(9)8-3-1-5-12-7-8/h1-7H. The molecule has 2 nitrogen and oxygen atoms in total. The predicted molar refractivity (Wildman–Crippen MR) is 47.4 cm³/mol. The number of halogens is 1. The lowest BCUT2D eigenvalue weighted by Crippen LogP contribution is -1.87. The molecule has 64 valence electrons.